The summed E-state index contributed by atoms with van der Waals surface area (Å²) in [6.45, 7) is 0. The van der Waals surface area contributed by atoms with E-state index in [1.807, 2.05) is 0 Å². The molecule has 2 aromatic rings. The fourth-order valence-corrected chi connectivity index (χ4v) is 2.70. The van der Waals surface area contributed by atoms with E-state index in [9.17, 15) is 17.6 Å². The molecule has 0 N–H and O–H groups in total. The van der Waals surface area contributed by atoms with Crippen LogP contribution in [0.15, 0.2) is 24.3 Å². The van der Waals surface area contributed by atoms with Crippen molar-refractivity contribution in [3.63, 3.8) is 0 Å². The molecule has 98 valence electrons. The van der Waals surface area contributed by atoms with Gasteiger partial charge in [-0.25, -0.2) is 17.6 Å². The van der Waals surface area contributed by atoms with Gasteiger partial charge in [-0.1, -0.05) is 6.07 Å². The number of fused-ring (bicyclic) bond motifs is 1. The summed E-state index contributed by atoms with van der Waals surface area (Å²) in [6.07, 6.45) is 1.91. The Kier molecular flexibility index (Phi) is 2.81. The average Bonchev–Trinajstić information content (AvgIpc) is 2.80. The maximum atomic E-state index is 13.8. The lowest BCUT2D eigenvalue weighted by Gasteiger charge is -2.11. The molecule has 19 heavy (non-hydrogen) atoms. The molecule has 0 aromatic heterocycles. The quantitative estimate of drug-likeness (QED) is 0.671. The van der Waals surface area contributed by atoms with Gasteiger partial charge in [0, 0.05) is 12.1 Å². The summed E-state index contributed by atoms with van der Waals surface area (Å²) < 4.78 is 54.1. The normalized spacial score (nSPS) is 13.7. The van der Waals surface area contributed by atoms with Crippen molar-refractivity contribution in [3.05, 3.63) is 58.7 Å². The van der Waals surface area contributed by atoms with Crippen molar-refractivity contribution in [1.29, 1.82) is 0 Å². The van der Waals surface area contributed by atoms with E-state index in [0.717, 1.165) is 6.42 Å². The largest absolute Gasteiger partial charge is 0.207 e. The molecule has 0 atom stereocenters. The van der Waals surface area contributed by atoms with Crippen LogP contribution in [0, 0.1) is 23.3 Å². The van der Waals surface area contributed by atoms with E-state index in [-0.39, 0.29) is 11.4 Å². The molecule has 0 nitrogen and oxygen atoms in total. The highest BCUT2D eigenvalue weighted by molar-refractivity contribution is 5.71. The Morgan fingerprint density at radius 1 is 0.737 bits per heavy atom. The second kappa shape index (κ2) is 4.37. The molecule has 0 unspecified atom stereocenters. The summed E-state index contributed by atoms with van der Waals surface area (Å²) in [4.78, 5) is 0. The molecule has 1 aliphatic carbocycles. The highest BCUT2D eigenvalue weighted by atomic mass is 19.1. The fraction of sp³-hybridized carbons (Fsp3) is 0.200. The van der Waals surface area contributed by atoms with Crippen LogP contribution in [0.1, 0.15) is 17.5 Å². The molecule has 0 spiro atoms. The van der Waals surface area contributed by atoms with Crippen molar-refractivity contribution in [2.45, 2.75) is 19.3 Å². The molecule has 0 saturated heterocycles. The van der Waals surface area contributed by atoms with Crippen LogP contribution >= 0.6 is 0 Å². The van der Waals surface area contributed by atoms with Crippen LogP contribution in [0.2, 0.25) is 0 Å². The first-order valence-electron chi connectivity index (χ1n) is 6.03. The van der Waals surface area contributed by atoms with Gasteiger partial charge in [0.25, 0.3) is 0 Å². The molecule has 0 heterocycles. The van der Waals surface area contributed by atoms with Crippen molar-refractivity contribution in [2.24, 2.45) is 0 Å². The summed E-state index contributed by atoms with van der Waals surface area (Å²) in [5.74, 6) is -3.23. The lowest BCUT2D eigenvalue weighted by atomic mass is 9.95. The molecular weight excluding hydrogens is 256 g/mol. The molecule has 0 aliphatic heterocycles. The van der Waals surface area contributed by atoms with E-state index in [1.165, 1.54) is 12.1 Å². The predicted molar refractivity (Wildman–Crippen MR) is 63.7 cm³/mol. The van der Waals surface area contributed by atoms with E-state index in [1.54, 1.807) is 0 Å². The molecule has 0 fully saturated rings. The number of rotatable bonds is 1. The average molecular weight is 266 g/mol. The van der Waals surface area contributed by atoms with E-state index < -0.39 is 17.5 Å². The van der Waals surface area contributed by atoms with Crippen LogP contribution in [0.25, 0.3) is 11.1 Å². The smallest absolute Gasteiger partial charge is 0.136 e. The minimum absolute atomic E-state index is 0.278. The number of hydrogen-bond acceptors (Lipinski definition) is 0. The van der Waals surface area contributed by atoms with Gasteiger partial charge in [-0.3, -0.25) is 0 Å². The molecule has 2 aromatic carbocycles. The lowest BCUT2D eigenvalue weighted by Crippen LogP contribution is -1.98. The van der Waals surface area contributed by atoms with Crippen molar-refractivity contribution in [2.75, 3.05) is 0 Å². The Labute approximate surface area is 107 Å². The van der Waals surface area contributed by atoms with Gasteiger partial charge in [0.1, 0.15) is 23.3 Å². The molecule has 4 heteroatoms. The molecule has 3 rings (SSSR count). The van der Waals surface area contributed by atoms with Gasteiger partial charge in [0.15, 0.2) is 0 Å². The minimum Gasteiger partial charge on any atom is -0.207 e. The Balaban J connectivity index is 2.27. The Bertz CT molecular complexity index is 638. The lowest BCUT2D eigenvalue weighted by molar-refractivity contribution is 0.547. The highest BCUT2D eigenvalue weighted by Gasteiger charge is 2.23. The van der Waals surface area contributed by atoms with Gasteiger partial charge >= 0.3 is 0 Å². The summed E-state index contributed by atoms with van der Waals surface area (Å²) >= 11 is 0. The third-order valence-electron chi connectivity index (χ3n) is 3.50. The summed E-state index contributed by atoms with van der Waals surface area (Å²) in [5, 5.41) is 0. The van der Waals surface area contributed by atoms with Crippen LogP contribution < -0.4 is 0 Å². The van der Waals surface area contributed by atoms with Gasteiger partial charge < -0.3 is 0 Å². The first-order chi connectivity index (χ1) is 9.08. The summed E-state index contributed by atoms with van der Waals surface area (Å²) in [7, 11) is 0. The van der Waals surface area contributed by atoms with Gasteiger partial charge in [-0.15, -0.1) is 0 Å². The molecule has 0 amide bonds. The first kappa shape index (κ1) is 12.2. The zero-order chi connectivity index (χ0) is 13.6. The molecule has 0 bridgehead atoms. The van der Waals surface area contributed by atoms with Crippen molar-refractivity contribution >= 4 is 0 Å². The van der Waals surface area contributed by atoms with Crippen LogP contribution in [0.3, 0.4) is 0 Å². The topological polar surface area (TPSA) is 0 Å². The van der Waals surface area contributed by atoms with Crippen LogP contribution in [-0.2, 0) is 12.8 Å². The third kappa shape index (κ3) is 1.91. The standard InChI is InChI=1S/C15H10F4/c16-8-6-13(18)15(14(19)7-8)11-4-5-12(17)10-3-1-2-9(10)11/h4-7H,1-3H2. The van der Waals surface area contributed by atoms with Crippen LogP contribution in [-0.4, -0.2) is 0 Å². The van der Waals surface area contributed by atoms with Gasteiger partial charge in [-0.2, -0.15) is 0 Å². The zero-order valence-corrected chi connectivity index (χ0v) is 9.94. The molecule has 1 aliphatic rings. The Morgan fingerprint density at radius 3 is 2.05 bits per heavy atom. The monoisotopic (exact) mass is 266 g/mol. The maximum Gasteiger partial charge on any atom is 0.136 e. The third-order valence-corrected chi connectivity index (χ3v) is 3.50. The second-order valence-electron chi connectivity index (χ2n) is 4.65. The van der Waals surface area contributed by atoms with Gasteiger partial charge in [-0.05, 0) is 42.0 Å². The zero-order valence-electron chi connectivity index (χ0n) is 9.94. The minimum atomic E-state index is -0.961. The van der Waals surface area contributed by atoms with Crippen molar-refractivity contribution in [3.8, 4) is 11.1 Å². The van der Waals surface area contributed by atoms with Crippen LogP contribution in [0.4, 0.5) is 17.6 Å². The second-order valence-corrected chi connectivity index (χ2v) is 4.65. The van der Waals surface area contributed by atoms with Crippen molar-refractivity contribution in [1.82, 2.24) is 0 Å². The van der Waals surface area contributed by atoms with E-state index in [4.69, 9.17) is 0 Å². The van der Waals surface area contributed by atoms with E-state index in [2.05, 4.69) is 0 Å². The molecular formula is C15H10F4. The predicted octanol–water partition coefficient (Wildman–Crippen LogP) is 4.40. The van der Waals surface area contributed by atoms with E-state index >= 15 is 0 Å². The SMILES string of the molecule is Fc1cc(F)c(-c2ccc(F)c3c2CCC3)c(F)c1. The fourth-order valence-electron chi connectivity index (χ4n) is 2.70. The number of halogens is 4. The van der Waals surface area contributed by atoms with E-state index in [0.29, 0.717) is 41.7 Å². The van der Waals surface area contributed by atoms with Gasteiger partial charge in [0.05, 0.1) is 5.56 Å². The van der Waals surface area contributed by atoms with Gasteiger partial charge in [0.2, 0.25) is 0 Å². The summed E-state index contributed by atoms with van der Waals surface area (Å²) in [6, 6.07) is 3.85. The maximum absolute atomic E-state index is 13.8. The molecule has 0 saturated carbocycles. The Hall–Kier alpha value is -1.84. The van der Waals surface area contributed by atoms with Crippen LogP contribution in [0.5, 0.6) is 0 Å². The first-order valence-corrected chi connectivity index (χ1v) is 6.03. The molecule has 0 radical (unpaired) electrons. The Morgan fingerprint density at radius 2 is 1.37 bits per heavy atom. The number of benzene rings is 2. The summed E-state index contributed by atoms with van der Waals surface area (Å²) in [5.41, 5.74) is 1.19. The highest BCUT2D eigenvalue weighted by Crippen LogP contribution is 2.36. The van der Waals surface area contributed by atoms with Crippen molar-refractivity contribution < 1.29 is 17.6 Å². The number of hydrogen-bond donors (Lipinski definition) is 0.